The molecule has 2 aromatic heterocycles. The summed E-state index contributed by atoms with van der Waals surface area (Å²) >= 11 is 7.60. The van der Waals surface area contributed by atoms with Crippen molar-refractivity contribution in [3.63, 3.8) is 0 Å². The van der Waals surface area contributed by atoms with E-state index in [1.807, 2.05) is 70.7 Å². The Hall–Kier alpha value is -4.01. The molecule has 0 saturated heterocycles. The highest BCUT2D eigenvalue weighted by atomic mass is 35.5. The van der Waals surface area contributed by atoms with E-state index in [9.17, 15) is 0 Å². The standard InChI is InChI=1S/C29H26ClN3O4S/c1-17-27(19-8-12-23(34-2)25(14-19)36-4)32-33(28(17)20-9-13-24(35-3)26(15-20)37-5)29-31-22(16-38-29)18-6-10-21(30)11-7-18/h6-16H,1-5H3. The molecule has 3 aromatic carbocycles. The van der Waals surface area contributed by atoms with Crippen LogP contribution in [0.4, 0.5) is 0 Å². The highest BCUT2D eigenvalue weighted by Crippen LogP contribution is 2.40. The zero-order valence-electron chi connectivity index (χ0n) is 21.6. The van der Waals surface area contributed by atoms with Gasteiger partial charge in [0, 0.05) is 32.7 Å². The number of halogens is 1. The van der Waals surface area contributed by atoms with E-state index in [-0.39, 0.29) is 0 Å². The number of thiazole rings is 1. The van der Waals surface area contributed by atoms with Gasteiger partial charge >= 0.3 is 0 Å². The first-order chi connectivity index (χ1) is 18.5. The summed E-state index contributed by atoms with van der Waals surface area (Å²) in [7, 11) is 6.49. The lowest BCUT2D eigenvalue weighted by molar-refractivity contribution is 0.355. The second kappa shape index (κ2) is 10.8. The van der Waals surface area contributed by atoms with Gasteiger partial charge in [-0.2, -0.15) is 5.10 Å². The second-order valence-electron chi connectivity index (χ2n) is 8.40. The largest absolute Gasteiger partial charge is 0.493 e. The van der Waals surface area contributed by atoms with Crippen LogP contribution in [0.15, 0.2) is 66.0 Å². The van der Waals surface area contributed by atoms with Crippen LogP contribution < -0.4 is 18.9 Å². The highest BCUT2D eigenvalue weighted by molar-refractivity contribution is 7.12. The van der Waals surface area contributed by atoms with Crippen LogP contribution in [0, 0.1) is 6.92 Å². The Morgan fingerprint density at radius 1 is 0.711 bits per heavy atom. The number of methoxy groups -OCH3 is 4. The molecular weight excluding hydrogens is 522 g/mol. The summed E-state index contributed by atoms with van der Waals surface area (Å²) in [5.41, 5.74) is 6.33. The highest BCUT2D eigenvalue weighted by Gasteiger charge is 2.23. The van der Waals surface area contributed by atoms with Crippen molar-refractivity contribution in [2.45, 2.75) is 6.92 Å². The summed E-state index contributed by atoms with van der Waals surface area (Å²) < 4.78 is 23.9. The quantitative estimate of drug-likeness (QED) is 0.203. The smallest absolute Gasteiger partial charge is 0.211 e. The number of rotatable bonds is 8. The third-order valence-corrected chi connectivity index (χ3v) is 7.32. The molecule has 0 saturated carbocycles. The Balaban J connectivity index is 1.70. The number of aromatic nitrogens is 3. The van der Waals surface area contributed by atoms with Crippen molar-refractivity contribution in [3.05, 3.63) is 76.6 Å². The molecule has 194 valence electrons. The molecule has 0 amide bonds. The van der Waals surface area contributed by atoms with Gasteiger partial charge in [0.25, 0.3) is 0 Å². The van der Waals surface area contributed by atoms with Gasteiger partial charge in [-0.15, -0.1) is 11.3 Å². The van der Waals surface area contributed by atoms with E-state index >= 15 is 0 Å². The van der Waals surface area contributed by atoms with E-state index in [0.29, 0.717) is 28.0 Å². The zero-order chi connectivity index (χ0) is 26.8. The summed E-state index contributed by atoms with van der Waals surface area (Å²) in [5.74, 6) is 2.57. The molecule has 0 N–H and O–H groups in total. The summed E-state index contributed by atoms with van der Waals surface area (Å²) in [6.45, 7) is 2.05. The van der Waals surface area contributed by atoms with E-state index in [1.165, 1.54) is 11.3 Å². The minimum Gasteiger partial charge on any atom is -0.493 e. The lowest BCUT2D eigenvalue weighted by Crippen LogP contribution is -2.00. The maximum atomic E-state index is 6.09. The van der Waals surface area contributed by atoms with Crippen molar-refractivity contribution in [1.82, 2.24) is 14.8 Å². The van der Waals surface area contributed by atoms with Crippen molar-refractivity contribution in [2.75, 3.05) is 28.4 Å². The summed E-state index contributed by atoms with van der Waals surface area (Å²) in [4.78, 5) is 4.93. The van der Waals surface area contributed by atoms with E-state index in [1.54, 1.807) is 28.4 Å². The Bertz CT molecular complexity index is 1590. The van der Waals surface area contributed by atoms with Crippen LogP contribution in [0.5, 0.6) is 23.0 Å². The fourth-order valence-electron chi connectivity index (χ4n) is 4.33. The molecule has 5 rings (SSSR count). The molecule has 9 heteroatoms. The number of hydrogen-bond donors (Lipinski definition) is 0. The monoisotopic (exact) mass is 547 g/mol. The summed E-state index contributed by atoms with van der Waals surface area (Å²) in [5, 5.41) is 8.48. The van der Waals surface area contributed by atoms with Gasteiger partial charge < -0.3 is 18.9 Å². The van der Waals surface area contributed by atoms with E-state index in [2.05, 4.69) is 6.92 Å². The van der Waals surface area contributed by atoms with Crippen molar-refractivity contribution in [1.29, 1.82) is 0 Å². The van der Waals surface area contributed by atoms with Gasteiger partial charge in [-0.1, -0.05) is 23.7 Å². The molecule has 0 aliphatic rings. The molecule has 0 radical (unpaired) electrons. The molecule has 0 aliphatic heterocycles. The molecule has 0 atom stereocenters. The molecular formula is C29H26ClN3O4S. The molecule has 38 heavy (non-hydrogen) atoms. The van der Waals surface area contributed by atoms with Crippen molar-refractivity contribution >= 4 is 22.9 Å². The Morgan fingerprint density at radius 3 is 1.87 bits per heavy atom. The summed E-state index contributed by atoms with van der Waals surface area (Å²) in [6.07, 6.45) is 0. The molecule has 0 aliphatic carbocycles. The van der Waals surface area contributed by atoms with Gasteiger partial charge in [0.2, 0.25) is 5.13 Å². The Labute approximate surface area is 230 Å². The molecule has 5 aromatic rings. The fraction of sp³-hybridized carbons (Fsp3) is 0.172. The number of ether oxygens (including phenoxy) is 4. The molecule has 7 nitrogen and oxygen atoms in total. The van der Waals surface area contributed by atoms with Gasteiger partial charge in [-0.05, 0) is 55.5 Å². The zero-order valence-corrected chi connectivity index (χ0v) is 23.2. The maximum absolute atomic E-state index is 6.09. The average Bonchev–Trinajstić information content (AvgIpc) is 3.57. The second-order valence-corrected chi connectivity index (χ2v) is 9.67. The molecule has 0 bridgehead atoms. The SMILES string of the molecule is COc1ccc(-c2nn(-c3nc(-c4ccc(Cl)cc4)cs3)c(-c3ccc(OC)c(OC)c3)c2C)cc1OC. The molecule has 0 spiro atoms. The van der Waals surface area contributed by atoms with Crippen LogP contribution in [-0.4, -0.2) is 43.2 Å². The van der Waals surface area contributed by atoms with Gasteiger partial charge in [-0.3, -0.25) is 0 Å². The molecule has 2 heterocycles. The fourth-order valence-corrected chi connectivity index (χ4v) is 5.24. The predicted molar refractivity (Wildman–Crippen MR) is 151 cm³/mol. The summed E-state index contributed by atoms with van der Waals surface area (Å²) in [6, 6.07) is 19.3. The van der Waals surface area contributed by atoms with Crippen LogP contribution in [0.1, 0.15) is 5.56 Å². The van der Waals surface area contributed by atoms with Gasteiger partial charge in [0.1, 0.15) is 0 Å². The normalized spacial score (nSPS) is 10.9. The lowest BCUT2D eigenvalue weighted by atomic mass is 10.0. The third-order valence-electron chi connectivity index (χ3n) is 6.25. The predicted octanol–water partition coefficient (Wildman–Crippen LogP) is 7.33. The number of benzene rings is 3. The topological polar surface area (TPSA) is 67.6 Å². The van der Waals surface area contributed by atoms with Gasteiger partial charge in [0.05, 0.1) is 45.5 Å². The van der Waals surface area contributed by atoms with E-state index in [0.717, 1.165) is 44.5 Å². The first kappa shape index (κ1) is 25.6. The van der Waals surface area contributed by atoms with Gasteiger partial charge in [-0.25, -0.2) is 9.67 Å². The Kier molecular flexibility index (Phi) is 7.26. The molecule has 0 unspecified atom stereocenters. The Morgan fingerprint density at radius 2 is 1.26 bits per heavy atom. The molecule has 0 fully saturated rings. The first-order valence-corrected chi connectivity index (χ1v) is 13.0. The van der Waals surface area contributed by atoms with Crippen molar-refractivity contribution < 1.29 is 18.9 Å². The van der Waals surface area contributed by atoms with Crippen LogP contribution in [0.25, 0.3) is 38.9 Å². The first-order valence-electron chi connectivity index (χ1n) is 11.7. The van der Waals surface area contributed by atoms with Crippen molar-refractivity contribution in [3.8, 4) is 61.9 Å². The maximum Gasteiger partial charge on any atom is 0.211 e. The minimum absolute atomic E-state index is 0.630. The third kappa shape index (κ3) is 4.68. The minimum atomic E-state index is 0.630. The van der Waals surface area contributed by atoms with Crippen LogP contribution in [0.3, 0.4) is 0 Å². The number of hydrogen-bond acceptors (Lipinski definition) is 7. The van der Waals surface area contributed by atoms with E-state index < -0.39 is 0 Å². The van der Waals surface area contributed by atoms with Crippen LogP contribution >= 0.6 is 22.9 Å². The lowest BCUT2D eigenvalue weighted by Gasteiger charge is -2.11. The van der Waals surface area contributed by atoms with Crippen LogP contribution in [-0.2, 0) is 0 Å². The van der Waals surface area contributed by atoms with E-state index in [4.69, 9.17) is 40.6 Å². The number of nitrogens with zero attached hydrogens (tertiary/aromatic N) is 3. The van der Waals surface area contributed by atoms with Crippen molar-refractivity contribution in [2.24, 2.45) is 0 Å². The average molecular weight is 548 g/mol. The van der Waals surface area contributed by atoms with Gasteiger partial charge in [0.15, 0.2) is 23.0 Å². The van der Waals surface area contributed by atoms with Crippen LogP contribution in [0.2, 0.25) is 5.02 Å².